The first-order chi connectivity index (χ1) is 13.8. The maximum absolute atomic E-state index is 12.6. The van der Waals surface area contributed by atoms with Crippen molar-refractivity contribution in [3.8, 4) is 0 Å². The highest BCUT2D eigenvalue weighted by Gasteiger charge is 2.26. The van der Waals surface area contributed by atoms with E-state index in [4.69, 9.17) is 9.47 Å². The van der Waals surface area contributed by atoms with Crippen molar-refractivity contribution in [2.45, 2.75) is 84.6 Å². The molecule has 1 aromatic carbocycles. The molecule has 0 unspecified atom stereocenters. The number of esters is 3. The van der Waals surface area contributed by atoms with Gasteiger partial charge in [0.05, 0.1) is 13.5 Å². The van der Waals surface area contributed by atoms with E-state index in [9.17, 15) is 14.4 Å². The lowest BCUT2D eigenvalue weighted by atomic mass is 10.1. The van der Waals surface area contributed by atoms with E-state index >= 15 is 0 Å². The van der Waals surface area contributed by atoms with Crippen molar-refractivity contribution in [3.05, 3.63) is 35.4 Å². The second-order valence-corrected chi connectivity index (χ2v) is 9.16. The summed E-state index contributed by atoms with van der Waals surface area (Å²) in [4.78, 5) is 36.0. The molecule has 0 spiro atoms. The maximum Gasteiger partial charge on any atom is 0.323 e. The Kier molecular flexibility index (Phi) is 9.49. The van der Waals surface area contributed by atoms with E-state index < -0.39 is 23.2 Å². The molecule has 0 saturated carbocycles. The number of benzene rings is 1. The first-order valence-corrected chi connectivity index (χ1v) is 10.1. The lowest BCUT2D eigenvalue weighted by Gasteiger charge is -2.25. The van der Waals surface area contributed by atoms with Crippen LogP contribution in [0.3, 0.4) is 0 Å². The van der Waals surface area contributed by atoms with E-state index in [0.29, 0.717) is 6.54 Å². The van der Waals surface area contributed by atoms with E-state index in [1.807, 2.05) is 24.3 Å². The van der Waals surface area contributed by atoms with E-state index in [2.05, 4.69) is 10.1 Å². The SMILES string of the molecule is COC(=O)Cc1ccc(CN[C@H](CCC(=O)OC(C)(C)C)C(=O)OC(C)(C)C)cc1. The smallest absolute Gasteiger partial charge is 0.323 e. The summed E-state index contributed by atoms with van der Waals surface area (Å²) in [5.74, 6) is -1.06. The van der Waals surface area contributed by atoms with E-state index in [1.54, 1.807) is 41.5 Å². The molecule has 0 fully saturated rings. The Morgan fingerprint density at radius 3 is 1.90 bits per heavy atom. The van der Waals surface area contributed by atoms with Crippen LogP contribution in [0, 0.1) is 0 Å². The lowest BCUT2D eigenvalue weighted by Crippen LogP contribution is -2.41. The highest BCUT2D eigenvalue weighted by Crippen LogP contribution is 2.14. The number of carbonyl (C=O) groups is 3. The summed E-state index contributed by atoms with van der Waals surface area (Å²) < 4.78 is 15.5. The highest BCUT2D eigenvalue weighted by molar-refractivity contribution is 5.77. The predicted molar refractivity (Wildman–Crippen MR) is 114 cm³/mol. The van der Waals surface area contributed by atoms with Crippen LogP contribution in [-0.4, -0.2) is 42.3 Å². The molecule has 0 aromatic heterocycles. The highest BCUT2D eigenvalue weighted by atomic mass is 16.6. The van der Waals surface area contributed by atoms with Crippen LogP contribution in [0.1, 0.15) is 65.5 Å². The van der Waals surface area contributed by atoms with Crippen LogP contribution < -0.4 is 5.32 Å². The molecule has 0 radical (unpaired) electrons. The minimum atomic E-state index is -0.647. The quantitative estimate of drug-likeness (QED) is 0.483. The Balaban J connectivity index is 2.73. The van der Waals surface area contributed by atoms with Gasteiger partial charge in [-0.3, -0.25) is 14.4 Å². The normalized spacial score (nSPS) is 12.8. The summed E-state index contributed by atoms with van der Waals surface area (Å²) in [6.07, 6.45) is 0.580. The van der Waals surface area contributed by atoms with Gasteiger partial charge >= 0.3 is 17.9 Å². The molecule has 0 aliphatic heterocycles. The fourth-order valence-electron chi connectivity index (χ4n) is 2.59. The summed E-state index contributed by atoms with van der Waals surface area (Å²) >= 11 is 0. The van der Waals surface area contributed by atoms with E-state index in [-0.39, 0.29) is 31.2 Å². The van der Waals surface area contributed by atoms with Crippen LogP contribution >= 0.6 is 0 Å². The first kappa shape index (κ1) is 25.6. The van der Waals surface area contributed by atoms with Crippen molar-refractivity contribution in [2.75, 3.05) is 7.11 Å². The third kappa shape index (κ3) is 11.0. The van der Waals surface area contributed by atoms with Gasteiger partial charge in [0, 0.05) is 13.0 Å². The second kappa shape index (κ2) is 11.1. The molecule has 1 N–H and O–H groups in total. The Morgan fingerprint density at radius 1 is 0.867 bits per heavy atom. The molecule has 0 aliphatic carbocycles. The number of rotatable bonds is 9. The maximum atomic E-state index is 12.6. The molecule has 7 nitrogen and oxygen atoms in total. The fraction of sp³-hybridized carbons (Fsp3) is 0.609. The largest absolute Gasteiger partial charge is 0.469 e. The van der Waals surface area contributed by atoms with Gasteiger partial charge in [-0.1, -0.05) is 24.3 Å². The van der Waals surface area contributed by atoms with Gasteiger partial charge in [-0.05, 0) is 59.1 Å². The molecule has 1 atom stereocenters. The third-order valence-corrected chi connectivity index (χ3v) is 3.90. The molecule has 0 saturated heterocycles. The van der Waals surface area contributed by atoms with Crippen molar-refractivity contribution in [1.29, 1.82) is 0 Å². The van der Waals surface area contributed by atoms with Crippen molar-refractivity contribution in [1.82, 2.24) is 5.32 Å². The van der Waals surface area contributed by atoms with Gasteiger partial charge in [-0.2, -0.15) is 0 Å². The first-order valence-electron chi connectivity index (χ1n) is 10.1. The predicted octanol–water partition coefficient (Wildman–Crippen LogP) is 3.32. The van der Waals surface area contributed by atoms with Crippen molar-refractivity contribution in [2.24, 2.45) is 0 Å². The van der Waals surface area contributed by atoms with Gasteiger partial charge < -0.3 is 19.5 Å². The van der Waals surface area contributed by atoms with Crippen LogP contribution in [0.2, 0.25) is 0 Å². The molecule has 1 aromatic rings. The van der Waals surface area contributed by atoms with Crippen LogP contribution in [-0.2, 0) is 41.6 Å². The van der Waals surface area contributed by atoms with Crippen molar-refractivity contribution in [3.63, 3.8) is 0 Å². The third-order valence-electron chi connectivity index (χ3n) is 3.90. The average Bonchev–Trinajstić information content (AvgIpc) is 2.59. The van der Waals surface area contributed by atoms with Gasteiger partial charge in [0.15, 0.2) is 0 Å². The Bertz CT molecular complexity index is 713. The summed E-state index contributed by atoms with van der Waals surface area (Å²) in [6.45, 7) is 11.2. The lowest BCUT2D eigenvalue weighted by molar-refractivity contribution is -0.159. The summed E-state index contributed by atoms with van der Waals surface area (Å²) in [5.41, 5.74) is 0.588. The number of methoxy groups -OCH3 is 1. The van der Waals surface area contributed by atoms with Gasteiger partial charge in [0.2, 0.25) is 0 Å². The number of nitrogens with one attached hydrogen (secondary N) is 1. The van der Waals surface area contributed by atoms with Crippen LogP contribution in [0.25, 0.3) is 0 Å². The molecule has 30 heavy (non-hydrogen) atoms. The number of hydrogen-bond donors (Lipinski definition) is 1. The average molecular weight is 422 g/mol. The minimum absolute atomic E-state index is 0.103. The Labute approximate surface area is 179 Å². The molecule has 0 amide bonds. The number of ether oxygens (including phenoxy) is 3. The summed E-state index contributed by atoms with van der Waals surface area (Å²) in [6, 6.07) is 6.80. The van der Waals surface area contributed by atoms with Gasteiger partial charge in [-0.25, -0.2) is 0 Å². The van der Waals surface area contributed by atoms with Crippen molar-refractivity contribution >= 4 is 17.9 Å². The molecule has 0 heterocycles. The van der Waals surface area contributed by atoms with E-state index in [0.717, 1.165) is 11.1 Å². The van der Waals surface area contributed by atoms with Crippen molar-refractivity contribution < 1.29 is 28.6 Å². The standard InChI is InChI=1S/C23H35NO6/c1-22(2,3)29-19(25)13-12-18(21(27)30-23(4,5)6)24-15-17-10-8-16(9-11-17)14-20(26)28-7/h8-11,18,24H,12-15H2,1-7H3/t18-/m1/s1. The number of carbonyl (C=O) groups excluding carboxylic acids is 3. The van der Waals surface area contributed by atoms with Gasteiger partial charge in [0.25, 0.3) is 0 Å². The molecular weight excluding hydrogens is 386 g/mol. The molecule has 0 aliphatic rings. The number of hydrogen-bond acceptors (Lipinski definition) is 7. The minimum Gasteiger partial charge on any atom is -0.469 e. The summed E-state index contributed by atoms with van der Waals surface area (Å²) in [7, 11) is 1.36. The molecule has 168 valence electrons. The molecule has 7 heteroatoms. The zero-order chi connectivity index (χ0) is 22.9. The van der Waals surface area contributed by atoms with Crippen LogP contribution in [0.4, 0.5) is 0 Å². The van der Waals surface area contributed by atoms with Crippen LogP contribution in [0.5, 0.6) is 0 Å². The Hall–Kier alpha value is -2.41. The topological polar surface area (TPSA) is 90.9 Å². The molecular formula is C23H35NO6. The Morgan fingerprint density at radius 2 is 1.40 bits per heavy atom. The van der Waals surface area contributed by atoms with Crippen LogP contribution in [0.15, 0.2) is 24.3 Å². The second-order valence-electron chi connectivity index (χ2n) is 9.16. The molecule has 1 rings (SSSR count). The monoisotopic (exact) mass is 421 g/mol. The van der Waals surface area contributed by atoms with Gasteiger partial charge in [-0.15, -0.1) is 0 Å². The zero-order valence-corrected chi connectivity index (χ0v) is 19.2. The van der Waals surface area contributed by atoms with E-state index in [1.165, 1.54) is 7.11 Å². The fourth-order valence-corrected chi connectivity index (χ4v) is 2.59. The summed E-state index contributed by atoms with van der Waals surface area (Å²) in [5, 5.41) is 3.17. The zero-order valence-electron chi connectivity index (χ0n) is 19.2. The molecule has 0 bridgehead atoms. The van der Waals surface area contributed by atoms with Gasteiger partial charge in [0.1, 0.15) is 17.2 Å².